The largest absolute Gasteiger partial charge is 0.477 e. The zero-order valence-corrected chi connectivity index (χ0v) is 7.77. The number of aromatic nitrogens is 1. The molecule has 4 N–H and O–H groups in total. The van der Waals surface area contributed by atoms with Gasteiger partial charge in [-0.05, 0) is 11.6 Å². The number of hydrogen-bond donors (Lipinski definition) is 4. The molecular formula is C6H8NO6P. The van der Waals surface area contributed by atoms with Gasteiger partial charge in [0, 0.05) is 6.20 Å². The molecule has 0 aliphatic heterocycles. The van der Waals surface area contributed by atoms with Gasteiger partial charge in [0.2, 0.25) is 0 Å². The lowest BCUT2D eigenvalue weighted by Gasteiger charge is -2.03. The van der Waals surface area contributed by atoms with Crippen molar-refractivity contribution in [1.82, 2.24) is 4.98 Å². The summed E-state index contributed by atoms with van der Waals surface area (Å²) in [5.74, 6) is -1.17. The number of nitrogens with one attached hydrogen (secondary N) is 1. The van der Waals surface area contributed by atoms with Gasteiger partial charge in [0.05, 0.1) is 6.16 Å². The van der Waals surface area contributed by atoms with E-state index in [1.165, 1.54) is 12.3 Å². The smallest absolute Gasteiger partial charge is 0.359 e. The van der Waals surface area contributed by atoms with Gasteiger partial charge < -0.3 is 15.0 Å². The van der Waals surface area contributed by atoms with E-state index in [0.717, 1.165) is 0 Å². The quantitative estimate of drug-likeness (QED) is 0.340. The van der Waals surface area contributed by atoms with Gasteiger partial charge in [-0.15, -0.1) is 0 Å². The minimum atomic E-state index is -4.07. The molecule has 1 aromatic heterocycles. The minimum Gasteiger partial charge on any atom is -0.477 e. The molecule has 78 valence electrons. The molecule has 1 aromatic rings. The predicted molar refractivity (Wildman–Crippen MR) is 45.0 cm³/mol. The van der Waals surface area contributed by atoms with Gasteiger partial charge in [-0.1, -0.05) is 0 Å². The van der Waals surface area contributed by atoms with E-state index in [-0.39, 0.29) is 11.3 Å². The van der Waals surface area contributed by atoms with E-state index in [1.54, 1.807) is 0 Å². The molecule has 0 fully saturated rings. The molecule has 0 aliphatic rings. The minimum absolute atomic E-state index is 0.0991. The average Bonchev–Trinajstić information content (AvgIpc) is 2.52. The number of hydrogen-bond acceptors (Lipinski definition) is 4. The van der Waals surface area contributed by atoms with Crippen molar-refractivity contribution in [3.63, 3.8) is 0 Å². The number of aromatic carboxylic acids is 1. The Kier molecular flexibility index (Phi) is 3.07. The van der Waals surface area contributed by atoms with E-state index < -0.39 is 19.7 Å². The molecule has 0 amide bonds. The standard InChI is InChI=1S/C6H8NO6P/c8-6(9)5-1-4(2-7-5)3-14(11,12)13-10/h1-2,7,10H,3H2,(H,8,9)(H,11,12). The summed E-state index contributed by atoms with van der Waals surface area (Å²) in [5.41, 5.74) is 0.167. The highest BCUT2D eigenvalue weighted by molar-refractivity contribution is 7.51. The first kappa shape index (κ1) is 10.9. The first-order valence-electron chi connectivity index (χ1n) is 3.50. The van der Waals surface area contributed by atoms with Crippen LogP contribution in [0.25, 0.3) is 0 Å². The molecule has 0 aliphatic carbocycles. The van der Waals surface area contributed by atoms with Gasteiger partial charge in [0.1, 0.15) is 5.69 Å². The fraction of sp³-hybridized carbons (Fsp3) is 0.167. The van der Waals surface area contributed by atoms with Gasteiger partial charge in [-0.2, -0.15) is 4.67 Å². The molecule has 8 heteroatoms. The highest BCUT2D eigenvalue weighted by Gasteiger charge is 2.21. The molecule has 0 saturated carbocycles. The van der Waals surface area contributed by atoms with Gasteiger partial charge in [-0.3, -0.25) is 4.57 Å². The molecule has 14 heavy (non-hydrogen) atoms. The Morgan fingerprint density at radius 2 is 2.29 bits per heavy atom. The van der Waals surface area contributed by atoms with Crippen LogP contribution < -0.4 is 0 Å². The van der Waals surface area contributed by atoms with E-state index in [1.807, 2.05) is 0 Å². The molecular weight excluding hydrogens is 213 g/mol. The summed E-state index contributed by atoms with van der Waals surface area (Å²) in [5, 5.41) is 16.5. The fourth-order valence-corrected chi connectivity index (χ4v) is 1.62. The molecule has 0 bridgehead atoms. The number of H-pyrrole nitrogens is 1. The van der Waals surface area contributed by atoms with Crippen molar-refractivity contribution in [3.8, 4) is 0 Å². The lowest BCUT2D eigenvalue weighted by molar-refractivity contribution is -0.146. The van der Waals surface area contributed by atoms with Crippen LogP contribution in [-0.2, 0) is 15.4 Å². The number of carbonyl (C=O) groups is 1. The Bertz CT molecular complexity index is 385. The molecule has 0 radical (unpaired) electrons. The maximum absolute atomic E-state index is 10.9. The van der Waals surface area contributed by atoms with Gasteiger partial charge >= 0.3 is 13.6 Å². The summed E-state index contributed by atoms with van der Waals surface area (Å²) in [6.07, 6.45) is 0.804. The van der Waals surface area contributed by atoms with Crippen LogP contribution in [0, 0.1) is 0 Å². The second-order valence-corrected chi connectivity index (χ2v) is 4.36. The molecule has 7 nitrogen and oxygen atoms in total. The third-order valence-corrected chi connectivity index (χ3v) is 2.50. The molecule has 0 saturated heterocycles. The number of aromatic amines is 1. The lowest BCUT2D eigenvalue weighted by Crippen LogP contribution is -1.94. The third kappa shape index (κ3) is 2.68. The Balaban J connectivity index is 2.79. The number of carboxylic acid groups (broad SMARTS) is 1. The Labute approximate surface area is 78.4 Å². The second kappa shape index (κ2) is 3.93. The summed E-state index contributed by atoms with van der Waals surface area (Å²) < 4.78 is 14.2. The third-order valence-electron chi connectivity index (χ3n) is 1.48. The van der Waals surface area contributed by atoms with Gasteiger partial charge in [0.15, 0.2) is 0 Å². The van der Waals surface area contributed by atoms with Crippen molar-refractivity contribution in [2.75, 3.05) is 0 Å². The van der Waals surface area contributed by atoms with Crippen molar-refractivity contribution in [3.05, 3.63) is 23.5 Å². The van der Waals surface area contributed by atoms with Crippen molar-refractivity contribution < 1.29 is 29.3 Å². The molecule has 1 rings (SSSR count). The molecule has 1 unspecified atom stereocenters. The van der Waals surface area contributed by atoms with Crippen molar-refractivity contribution in [2.45, 2.75) is 6.16 Å². The number of carboxylic acids is 1. The Morgan fingerprint density at radius 3 is 2.71 bits per heavy atom. The average molecular weight is 221 g/mol. The zero-order valence-electron chi connectivity index (χ0n) is 6.88. The van der Waals surface area contributed by atoms with E-state index in [2.05, 4.69) is 9.66 Å². The van der Waals surface area contributed by atoms with Crippen molar-refractivity contribution in [2.24, 2.45) is 0 Å². The van der Waals surface area contributed by atoms with E-state index in [0.29, 0.717) is 0 Å². The van der Waals surface area contributed by atoms with E-state index >= 15 is 0 Å². The van der Waals surface area contributed by atoms with Crippen LogP contribution in [0.3, 0.4) is 0 Å². The van der Waals surface area contributed by atoms with Crippen LogP contribution in [0.1, 0.15) is 16.1 Å². The van der Waals surface area contributed by atoms with Crippen molar-refractivity contribution in [1.29, 1.82) is 0 Å². The normalized spacial score (nSPS) is 15.0. The summed E-state index contributed by atoms with van der Waals surface area (Å²) in [6, 6.07) is 1.18. The molecule has 0 spiro atoms. The predicted octanol–water partition coefficient (Wildman–Crippen LogP) is 0.888. The van der Waals surface area contributed by atoms with Crippen LogP contribution in [0.4, 0.5) is 0 Å². The summed E-state index contributed by atoms with van der Waals surface area (Å²) >= 11 is 0. The number of rotatable bonds is 4. The van der Waals surface area contributed by atoms with Gasteiger partial charge in [-0.25, -0.2) is 10.1 Å². The molecule has 1 heterocycles. The maximum Gasteiger partial charge on any atom is 0.359 e. The van der Waals surface area contributed by atoms with Crippen molar-refractivity contribution >= 4 is 13.6 Å². The lowest BCUT2D eigenvalue weighted by atomic mass is 10.3. The molecule has 0 aromatic carbocycles. The summed E-state index contributed by atoms with van der Waals surface area (Å²) in [6.45, 7) is 0. The van der Waals surface area contributed by atoms with Crippen LogP contribution in [0.15, 0.2) is 12.3 Å². The summed E-state index contributed by atoms with van der Waals surface area (Å²) in [7, 11) is -4.07. The van der Waals surface area contributed by atoms with Gasteiger partial charge in [0.25, 0.3) is 0 Å². The Hall–Kier alpha value is -1.14. The van der Waals surface area contributed by atoms with Crippen LogP contribution in [0.2, 0.25) is 0 Å². The highest BCUT2D eigenvalue weighted by Crippen LogP contribution is 2.44. The van der Waals surface area contributed by atoms with Crippen LogP contribution in [-0.4, -0.2) is 26.2 Å². The first-order valence-corrected chi connectivity index (χ1v) is 5.26. The summed E-state index contributed by atoms with van der Waals surface area (Å²) in [4.78, 5) is 21.6. The fourth-order valence-electron chi connectivity index (χ4n) is 0.914. The Morgan fingerprint density at radius 1 is 1.64 bits per heavy atom. The monoisotopic (exact) mass is 221 g/mol. The van der Waals surface area contributed by atoms with E-state index in [4.69, 9.17) is 15.3 Å². The van der Waals surface area contributed by atoms with Crippen LogP contribution >= 0.6 is 7.60 Å². The SMILES string of the molecule is O=C(O)c1cc(CP(=O)(O)OO)c[nH]1. The second-order valence-electron chi connectivity index (χ2n) is 2.60. The highest BCUT2D eigenvalue weighted by atomic mass is 31.2. The van der Waals surface area contributed by atoms with E-state index in [9.17, 15) is 9.36 Å². The topological polar surface area (TPSA) is 120 Å². The maximum atomic E-state index is 10.9. The molecule has 1 atom stereocenters. The zero-order chi connectivity index (χ0) is 10.8. The van der Waals surface area contributed by atoms with Crippen LogP contribution in [0.5, 0.6) is 0 Å². The first-order chi connectivity index (χ1) is 6.44.